The van der Waals surface area contributed by atoms with E-state index in [4.69, 9.17) is 9.15 Å². The van der Waals surface area contributed by atoms with Crippen LogP contribution in [-0.4, -0.2) is 23.6 Å². The second-order valence-electron chi connectivity index (χ2n) is 8.63. The summed E-state index contributed by atoms with van der Waals surface area (Å²) in [6.07, 6.45) is -0.108. The summed E-state index contributed by atoms with van der Waals surface area (Å²) in [6.45, 7) is 9.35. The molecule has 29 heavy (non-hydrogen) atoms. The minimum atomic E-state index is -0.698. The van der Waals surface area contributed by atoms with E-state index in [9.17, 15) is 9.59 Å². The van der Waals surface area contributed by atoms with E-state index in [2.05, 4.69) is 10.6 Å². The van der Waals surface area contributed by atoms with Gasteiger partial charge in [-0.2, -0.15) is 0 Å². The number of benzene rings is 2. The van der Waals surface area contributed by atoms with Crippen molar-refractivity contribution in [1.82, 2.24) is 5.32 Å². The number of furan rings is 1. The van der Waals surface area contributed by atoms with Crippen molar-refractivity contribution in [3.63, 3.8) is 0 Å². The van der Waals surface area contributed by atoms with Gasteiger partial charge < -0.3 is 19.8 Å². The number of fused-ring (bicyclic) bond motifs is 3. The Kier molecular flexibility index (Phi) is 5.82. The lowest BCUT2D eigenvalue weighted by atomic mass is 10.0. The number of para-hydroxylation sites is 1. The molecule has 0 aliphatic carbocycles. The zero-order valence-electron chi connectivity index (χ0n) is 17.5. The first-order chi connectivity index (χ1) is 13.6. The summed E-state index contributed by atoms with van der Waals surface area (Å²) in [5.41, 5.74) is 1.48. The SMILES string of the molecule is CC(C)CC(NC(=O)OC(C)(C)C)C(=O)Nc1ccc2c(c1)oc1ccccc12. The van der Waals surface area contributed by atoms with Crippen molar-refractivity contribution in [2.45, 2.75) is 52.7 Å². The fraction of sp³-hybridized carbons (Fsp3) is 0.391. The van der Waals surface area contributed by atoms with Gasteiger partial charge in [-0.25, -0.2) is 4.79 Å². The van der Waals surface area contributed by atoms with E-state index in [-0.39, 0.29) is 11.8 Å². The number of alkyl carbamates (subject to hydrolysis) is 1. The second kappa shape index (κ2) is 8.15. The molecule has 6 heteroatoms. The number of rotatable bonds is 5. The molecule has 0 spiro atoms. The van der Waals surface area contributed by atoms with Gasteiger partial charge in [0.2, 0.25) is 5.91 Å². The Hall–Kier alpha value is -3.02. The van der Waals surface area contributed by atoms with Gasteiger partial charge >= 0.3 is 6.09 Å². The molecule has 154 valence electrons. The summed E-state index contributed by atoms with van der Waals surface area (Å²) in [7, 11) is 0. The fourth-order valence-corrected chi connectivity index (χ4v) is 3.19. The van der Waals surface area contributed by atoms with Gasteiger partial charge in [-0.05, 0) is 51.3 Å². The van der Waals surface area contributed by atoms with Crippen LogP contribution < -0.4 is 10.6 Å². The Balaban J connectivity index is 1.77. The Labute approximate surface area is 170 Å². The molecule has 0 saturated heterocycles. The molecule has 3 rings (SSSR count). The first-order valence-corrected chi connectivity index (χ1v) is 9.84. The number of anilines is 1. The van der Waals surface area contributed by atoms with Crippen LogP contribution in [0.4, 0.5) is 10.5 Å². The lowest BCUT2D eigenvalue weighted by Crippen LogP contribution is -2.46. The standard InChI is InChI=1S/C23H28N2O4/c1-14(2)12-18(25-22(27)29-23(3,4)5)21(26)24-15-10-11-17-16-8-6-7-9-19(16)28-20(17)13-15/h6-11,13-14,18H,12H2,1-5H3,(H,24,26)(H,25,27). The van der Waals surface area contributed by atoms with Crippen LogP contribution >= 0.6 is 0 Å². The summed E-state index contributed by atoms with van der Waals surface area (Å²) < 4.78 is 11.2. The van der Waals surface area contributed by atoms with E-state index in [0.717, 1.165) is 16.4 Å². The average Bonchev–Trinajstić information content (AvgIpc) is 2.96. The molecule has 3 aromatic rings. The predicted molar refractivity (Wildman–Crippen MR) is 115 cm³/mol. The van der Waals surface area contributed by atoms with Gasteiger partial charge in [-0.1, -0.05) is 32.0 Å². The fourth-order valence-electron chi connectivity index (χ4n) is 3.19. The first-order valence-electron chi connectivity index (χ1n) is 9.84. The van der Waals surface area contributed by atoms with Gasteiger partial charge in [0.25, 0.3) is 0 Å². The van der Waals surface area contributed by atoms with Crippen molar-refractivity contribution < 1.29 is 18.7 Å². The molecule has 0 bridgehead atoms. The summed E-state index contributed by atoms with van der Waals surface area (Å²) in [6, 6.07) is 12.7. The minimum absolute atomic E-state index is 0.221. The molecular weight excluding hydrogens is 368 g/mol. The number of carbonyl (C=O) groups excluding carboxylic acids is 2. The third-order valence-electron chi connectivity index (χ3n) is 4.36. The Bertz CT molecular complexity index is 1030. The molecule has 0 aliphatic heterocycles. The summed E-state index contributed by atoms with van der Waals surface area (Å²) in [5, 5.41) is 7.59. The maximum absolute atomic E-state index is 12.8. The van der Waals surface area contributed by atoms with E-state index >= 15 is 0 Å². The lowest BCUT2D eigenvalue weighted by molar-refractivity contribution is -0.118. The molecule has 0 aliphatic rings. The Morgan fingerprint density at radius 3 is 2.41 bits per heavy atom. The van der Waals surface area contributed by atoms with Crippen LogP contribution in [0.1, 0.15) is 41.0 Å². The zero-order chi connectivity index (χ0) is 21.2. The van der Waals surface area contributed by atoms with Crippen LogP contribution in [0.3, 0.4) is 0 Å². The molecule has 2 amide bonds. The molecule has 2 N–H and O–H groups in total. The molecule has 0 saturated carbocycles. The molecule has 1 heterocycles. The van der Waals surface area contributed by atoms with Crippen LogP contribution in [0.25, 0.3) is 21.9 Å². The van der Waals surface area contributed by atoms with Gasteiger partial charge in [-0.3, -0.25) is 4.79 Å². The number of carbonyl (C=O) groups is 2. The van der Waals surface area contributed by atoms with E-state index in [1.165, 1.54) is 0 Å². The van der Waals surface area contributed by atoms with Crippen LogP contribution in [0.5, 0.6) is 0 Å². The molecule has 0 radical (unpaired) electrons. The number of nitrogens with one attached hydrogen (secondary N) is 2. The van der Waals surface area contributed by atoms with E-state index in [0.29, 0.717) is 17.7 Å². The number of hydrogen-bond acceptors (Lipinski definition) is 4. The molecule has 2 aromatic carbocycles. The van der Waals surface area contributed by atoms with Crippen molar-refractivity contribution in [3.05, 3.63) is 42.5 Å². The van der Waals surface area contributed by atoms with Crippen molar-refractivity contribution in [2.75, 3.05) is 5.32 Å². The minimum Gasteiger partial charge on any atom is -0.456 e. The third kappa shape index (κ3) is 5.28. The predicted octanol–water partition coefficient (Wildman–Crippen LogP) is 5.46. The van der Waals surface area contributed by atoms with Gasteiger partial charge in [0, 0.05) is 22.5 Å². The van der Waals surface area contributed by atoms with Crippen molar-refractivity contribution in [3.8, 4) is 0 Å². The largest absolute Gasteiger partial charge is 0.456 e. The molecule has 6 nitrogen and oxygen atoms in total. The van der Waals surface area contributed by atoms with Crippen LogP contribution in [0.2, 0.25) is 0 Å². The van der Waals surface area contributed by atoms with Gasteiger partial charge in [0.05, 0.1) is 0 Å². The van der Waals surface area contributed by atoms with Gasteiger partial charge in [-0.15, -0.1) is 0 Å². The van der Waals surface area contributed by atoms with E-state index in [1.54, 1.807) is 26.8 Å². The second-order valence-corrected chi connectivity index (χ2v) is 8.63. The highest BCUT2D eigenvalue weighted by Crippen LogP contribution is 2.30. The molecule has 0 fully saturated rings. The van der Waals surface area contributed by atoms with Crippen molar-refractivity contribution in [2.24, 2.45) is 5.92 Å². The average molecular weight is 396 g/mol. The van der Waals surface area contributed by atoms with Crippen LogP contribution in [-0.2, 0) is 9.53 Å². The zero-order valence-corrected chi connectivity index (χ0v) is 17.5. The third-order valence-corrected chi connectivity index (χ3v) is 4.36. The van der Waals surface area contributed by atoms with E-state index < -0.39 is 17.7 Å². The number of hydrogen-bond donors (Lipinski definition) is 2. The molecule has 1 atom stereocenters. The summed E-state index contributed by atoms with van der Waals surface area (Å²) in [5.74, 6) is -0.0708. The highest BCUT2D eigenvalue weighted by Gasteiger charge is 2.25. The molecular formula is C23H28N2O4. The van der Waals surface area contributed by atoms with Gasteiger partial charge in [0.1, 0.15) is 22.8 Å². The maximum atomic E-state index is 12.8. The van der Waals surface area contributed by atoms with E-state index in [1.807, 2.05) is 50.2 Å². The van der Waals surface area contributed by atoms with Crippen molar-refractivity contribution in [1.29, 1.82) is 0 Å². The normalized spacial score (nSPS) is 12.9. The summed E-state index contributed by atoms with van der Waals surface area (Å²) in [4.78, 5) is 25.0. The monoisotopic (exact) mass is 396 g/mol. The smallest absolute Gasteiger partial charge is 0.408 e. The summed E-state index contributed by atoms with van der Waals surface area (Å²) >= 11 is 0. The van der Waals surface area contributed by atoms with Crippen LogP contribution in [0, 0.1) is 5.92 Å². The Morgan fingerprint density at radius 2 is 1.72 bits per heavy atom. The Morgan fingerprint density at radius 1 is 1.03 bits per heavy atom. The quantitative estimate of drug-likeness (QED) is 0.600. The number of ether oxygens (including phenoxy) is 1. The topological polar surface area (TPSA) is 80.6 Å². The highest BCUT2D eigenvalue weighted by atomic mass is 16.6. The first kappa shape index (κ1) is 20.7. The molecule has 1 unspecified atom stereocenters. The van der Waals surface area contributed by atoms with Gasteiger partial charge in [0.15, 0.2) is 0 Å². The maximum Gasteiger partial charge on any atom is 0.408 e. The van der Waals surface area contributed by atoms with Crippen molar-refractivity contribution >= 4 is 39.6 Å². The lowest BCUT2D eigenvalue weighted by Gasteiger charge is -2.24. The van der Waals surface area contributed by atoms with Crippen LogP contribution in [0.15, 0.2) is 46.9 Å². The number of amides is 2. The highest BCUT2D eigenvalue weighted by molar-refractivity contribution is 6.06. The molecule has 1 aromatic heterocycles.